The van der Waals surface area contributed by atoms with Crippen LogP contribution in [0.2, 0.25) is 0 Å². The predicted octanol–water partition coefficient (Wildman–Crippen LogP) is 7.38. The lowest BCUT2D eigenvalue weighted by atomic mass is 9.97. The first-order valence-electron chi connectivity index (χ1n) is 15.2. The Morgan fingerprint density at radius 2 is 1.70 bits per heavy atom. The lowest BCUT2D eigenvalue weighted by molar-refractivity contribution is 0.111. The van der Waals surface area contributed by atoms with Crippen molar-refractivity contribution < 1.29 is 23.4 Å². The minimum absolute atomic E-state index is 0.550. The Morgan fingerprint density at radius 1 is 0.925 bits per heavy atom. The van der Waals surface area contributed by atoms with Crippen molar-refractivity contribution in [3.8, 4) is 23.0 Å². The maximum absolute atomic E-state index is 6.08. The number of hydrogen-bond donors (Lipinski definition) is 0. The Morgan fingerprint density at radius 3 is 2.50 bits per heavy atom. The summed E-state index contributed by atoms with van der Waals surface area (Å²) >= 11 is 0. The molecule has 0 amide bonds. The molecule has 0 saturated carbocycles. The molecule has 3 aromatic rings. The van der Waals surface area contributed by atoms with E-state index in [2.05, 4.69) is 16.8 Å². The molecular formula is C33H48N2O5. The molecule has 1 aliphatic rings. The maximum Gasteiger partial charge on any atom is 0.227 e. The van der Waals surface area contributed by atoms with E-state index < -0.39 is 0 Å². The van der Waals surface area contributed by atoms with Gasteiger partial charge in [0.15, 0.2) is 5.58 Å². The SMILES string of the molecule is CCCC[C@H](CCCCOc1ccc(-c2nc3ccc(OCCCN4CCC[C@H]4COC)cc3o2)cc1)COC. The third kappa shape index (κ3) is 9.22. The Kier molecular flexibility index (Phi) is 12.6. The first-order chi connectivity index (χ1) is 19.7. The fraction of sp³-hybridized carbons (Fsp3) is 0.606. The van der Waals surface area contributed by atoms with Crippen LogP contribution in [0.25, 0.3) is 22.6 Å². The van der Waals surface area contributed by atoms with Crippen LogP contribution in [-0.2, 0) is 9.47 Å². The number of aromatic nitrogens is 1. The van der Waals surface area contributed by atoms with Crippen molar-refractivity contribution in [3.05, 3.63) is 42.5 Å². The Labute approximate surface area is 240 Å². The van der Waals surface area contributed by atoms with Gasteiger partial charge in [-0.3, -0.25) is 4.90 Å². The van der Waals surface area contributed by atoms with Crippen molar-refractivity contribution in [1.29, 1.82) is 0 Å². The van der Waals surface area contributed by atoms with Crippen LogP contribution < -0.4 is 9.47 Å². The largest absolute Gasteiger partial charge is 0.494 e. The molecule has 40 heavy (non-hydrogen) atoms. The second-order valence-electron chi connectivity index (χ2n) is 11.0. The van der Waals surface area contributed by atoms with Crippen molar-refractivity contribution in [1.82, 2.24) is 9.88 Å². The second-order valence-corrected chi connectivity index (χ2v) is 11.0. The number of nitrogens with zero attached hydrogens (tertiary/aromatic N) is 2. The van der Waals surface area contributed by atoms with Gasteiger partial charge in [-0.25, -0.2) is 4.98 Å². The second kappa shape index (κ2) is 16.6. The highest BCUT2D eigenvalue weighted by Crippen LogP contribution is 2.28. The molecule has 0 unspecified atom stereocenters. The Balaban J connectivity index is 1.20. The molecule has 0 radical (unpaired) electrons. The number of rotatable bonds is 19. The zero-order valence-electron chi connectivity index (χ0n) is 24.7. The van der Waals surface area contributed by atoms with Crippen molar-refractivity contribution in [2.45, 2.75) is 70.8 Å². The molecule has 0 aliphatic carbocycles. The summed E-state index contributed by atoms with van der Waals surface area (Å²) in [5, 5.41) is 0. The Bertz CT molecular complexity index is 1120. The van der Waals surface area contributed by atoms with Gasteiger partial charge in [-0.2, -0.15) is 0 Å². The van der Waals surface area contributed by atoms with E-state index in [1.54, 1.807) is 14.2 Å². The zero-order valence-corrected chi connectivity index (χ0v) is 24.7. The van der Waals surface area contributed by atoms with Crippen LogP contribution in [0.15, 0.2) is 46.9 Å². The van der Waals surface area contributed by atoms with Gasteiger partial charge in [0, 0.05) is 45.0 Å². The normalized spacial score (nSPS) is 16.5. The molecule has 1 aliphatic heterocycles. The lowest BCUT2D eigenvalue weighted by Gasteiger charge is -2.23. The van der Waals surface area contributed by atoms with Gasteiger partial charge in [0.05, 0.1) is 19.8 Å². The van der Waals surface area contributed by atoms with Gasteiger partial charge in [0.25, 0.3) is 0 Å². The molecule has 7 nitrogen and oxygen atoms in total. The van der Waals surface area contributed by atoms with Crippen LogP contribution in [0.4, 0.5) is 0 Å². The molecule has 2 aromatic carbocycles. The van der Waals surface area contributed by atoms with Crippen molar-refractivity contribution >= 4 is 11.1 Å². The average molecular weight is 553 g/mol. The molecule has 4 rings (SSSR count). The van der Waals surface area contributed by atoms with E-state index in [4.69, 9.17) is 23.4 Å². The number of benzene rings is 2. The van der Waals surface area contributed by atoms with Crippen LogP contribution >= 0.6 is 0 Å². The summed E-state index contributed by atoms with van der Waals surface area (Å²) in [6.07, 6.45) is 10.7. The number of hydrogen-bond acceptors (Lipinski definition) is 7. The summed E-state index contributed by atoms with van der Waals surface area (Å²) in [5.74, 6) is 2.95. The topological polar surface area (TPSA) is 66.2 Å². The minimum Gasteiger partial charge on any atom is -0.494 e. The summed E-state index contributed by atoms with van der Waals surface area (Å²) in [6.45, 7) is 7.52. The monoisotopic (exact) mass is 552 g/mol. The first-order valence-corrected chi connectivity index (χ1v) is 15.2. The van der Waals surface area contributed by atoms with E-state index in [0.717, 1.165) is 80.3 Å². The fourth-order valence-electron chi connectivity index (χ4n) is 5.60. The molecule has 7 heteroatoms. The van der Waals surface area contributed by atoms with Crippen LogP contribution in [0, 0.1) is 5.92 Å². The molecule has 1 aromatic heterocycles. The van der Waals surface area contributed by atoms with Crippen LogP contribution in [0.3, 0.4) is 0 Å². The van der Waals surface area contributed by atoms with Crippen molar-refractivity contribution in [2.24, 2.45) is 5.92 Å². The summed E-state index contributed by atoms with van der Waals surface area (Å²) in [7, 11) is 3.58. The quantitative estimate of drug-likeness (QED) is 0.144. The highest BCUT2D eigenvalue weighted by molar-refractivity contribution is 5.77. The molecule has 0 bridgehead atoms. The van der Waals surface area contributed by atoms with E-state index >= 15 is 0 Å². The van der Waals surface area contributed by atoms with Gasteiger partial charge >= 0.3 is 0 Å². The van der Waals surface area contributed by atoms with E-state index in [0.29, 0.717) is 24.5 Å². The third-order valence-electron chi connectivity index (χ3n) is 7.82. The van der Waals surface area contributed by atoms with Crippen LogP contribution in [0.1, 0.15) is 64.7 Å². The van der Waals surface area contributed by atoms with Gasteiger partial charge in [-0.15, -0.1) is 0 Å². The number of oxazole rings is 1. The molecule has 2 atom stereocenters. The molecule has 2 heterocycles. The standard InChI is InChI=1S/C33H48N2O5/c1-4-5-10-26(24-36-2)11-6-7-21-38-29-15-13-27(14-16-29)33-34-31-18-17-30(23-32(31)40-33)39-22-9-20-35-19-8-12-28(35)25-37-3/h13-18,23,26,28H,4-12,19-22,24-25H2,1-3H3/t26-,28+/m1/s1. The number of fused-ring (bicyclic) bond motifs is 1. The predicted molar refractivity (Wildman–Crippen MR) is 160 cm³/mol. The van der Waals surface area contributed by atoms with E-state index in [1.807, 2.05) is 42.5 Å². The highest BCUT2D eigenvalue weighted by atomic mass is 16.5. The third-order valence-corrected chi connectivity index (χ3v) is 7.82. The molecule has 0 spiro atoms. The number of methoxy groups -OCH3 is 2. The van der Waals surface area contributed by atoms with Crippen molar-refractivity contribution in [2.75, 3.05) is 53.7 Å². The first kappa shape index (κ1) is 30.4. The van der Waals surface area contributed by atoms with E-state index in [-0.39, 0.29) is 0 Å². The van der Waals surface area contributed by atoms with Crippen molar-refractivity contribution in [3.63, 3.8) is 0 Å². The molecule has 0 N–H and O–H groups in total. The Hall–Kier alpha value is -2.61. The lowest BCUT2D eigenvalue weighted by Crippen LogP contribution is -2.34. The molecule has 1 fully saturated rings. The molecule has 1 saturated heterocycles. The van der Waals surface area contributed by atoms with Gasteiger partial charge in [-0.1, -0.05) is 19.8 Å². The molecule has 220 valence electrons. The van der Waals surface area contributed by atoms with Crippen LogP contribution in [-0.4, -0.2) is 69.7 Å². The average Bonchev–Trinajstić information content (AvgIpc) is 3.61. The van der Waals surface area contributed by atoms with Crippen LogP contribution in [0.5, 0.6) is 11.5 Å². The number of likely N-dealkylation sites (tertiary alicyclic amines) is 1. The molecular weight excluding hydrogens is 504 g/mol. The van der Waals surface area contributed by atoms with E-state index in [9.17, 15) is 0 Å². The van der Waals surface area contributed by atoms with Gasteiger partial charge in [0.1, 0.15) is 17.0 Å². The minimum atomic E-state index is 0.550. The van der Waals surface area contributed by atoms with E-state index in [1.165, 1.54) is 38.5 Å². The smallest absolute Gasteiger partial charge is 0.227 e. The summed E-state index contributed by atoms with van der Waals surface area (Å²) in [5.41, 5.74) is 2.49. The zero-order chi connectivity index (χ0) is 28.0. The number of unbranched alkanes of at least 4 members (excludes halogenated alkanes) is 2. The summed E-state index contributed by atoms with van der Waals surface area (Å²) < 4.78 is 28.8. The fourth-order valence-corrected chi connectivity index (χ4v) is 5.60. The summed E-state index contributed by atoms with van der Waals surface area (Å²) in [6, 6.07) is 14.4. The van der Waals surface area contributed by atoms with Gasteiger partial charge in [0.2, 0.25) is 5.89 Å². The van der Waals surface area contributed by atoms with Gasteiger partial charge in [-0.05, 0) is 93.8 Å². The summed E-state index contributed by atoms with van der Waals surface area (Å²) in [4.78, 5) is 7.19. The van der Waals surface area contributed by atoms with Gasteiger partial charge < -0.3 is 23.4 Å². The highest BCUT2D eigenvalue weighted by Gasteiger charge is 2.23. The maximum atomic E-state index is 6.08. The number of ether oxygens (including phenoxy) is 4.